The fourth-order valence-electron chi connectivity index (χ4n) is 0.818. The van der Waals surface area contributed by atoms with Crippen molar-refractivity contribution in [2.45, 2.75) is 6.43 Å². The van der Waals surface area contributed by atoms with Crippen LogP contribution in [0.1, 0.15) is 22.5 Å². The van der Waals surface area contributed by atoms with E-state index in [1.165, 1.54) is 22.6 Å². The van der Waals surface area contributed by atoms with Crippen molar-refractivity contribution in [1.82, 2.24) is 4.98 Å². The summed E-state index contributed by atoms with van der Waals surface area (Å²) in [5, 5.41) is 8.51. The van der Waals surface area contributed by atoms with Gasteiger partial charge in [0.2, 0.25) is 0 Å². The molecule has 0 amide bonds. The van der Waals surface area contributed by atoms with Gasteiger partial charge in [-0.1, -0.05) is 0 Å². The first-order valence-electron chi connectivity index (χ1n) is 3.31. The van der Waals surface area contributed by atoms with Gasteiger partial charge >= 0.3 is 5.97 Å². The van der Waals surface area contributed by atoms with Crippen LogP contribution in [-0.4, -0.2) is 16.1 Å². The van der Waals surface area contributed by atoms with Gasteiger partial charge in [-0.15, -0.1) is 0 Å². The summed E-state index contributed by atoms with van der Waals surface area (Å²) in [6.07, 6.45) is -3.06. The van der Waals surface area contributed by atoms with Crippen molar-refractivity contribution >= 4 is 28.6 Å². The van der Waals surface area contributed by atoms with Gasteiger partial charge in [0.1, 0.15) is 3.70 Å². The van der Waals surface area contributed by atoms with E-state index < -0.39 is 29.5 Å². The smallest absolute Gasteiger partial charge is 0.355 e. The zero-order chi connectivity index (χ0) is 10.9. The van der Waals surface area contributed by atoms with Crippen LogP contribution in [0.15, 0.2) is 6.07 Å². The molecule has 0 aromatic carbocycles. The molecule has 0 unspecified atom stereocenters. The molecular formula is C7H3F3INO2. The Morgan fingerprint density at radius 2 is 2.14 bits per heavy atom. The largest absolute Gasteiger partial charge is 0.476 e. The Kier molecular flexibility index (Phi) is 3.29. The summed E-state index contributed by atoms with van der Waals surface area (Å²) in [6.45, 7) is 0. The lowest BCUT2D eigenvalue weighted by Gasteiger charge is -2.04. The third kappa shape index (κ3) is 2.14. The molecule has 1 heterocycles. The number of alkyl halides is 2. The summed E-state index contributed by atoms with van der Waals surface area (Å²) in [5.74, 6) is -2.55. The summed E-state index contributed by atoms with van der Waals surface area (Å²) >= 11 is 1.43. The van der Waals surface area contributed by atoms with Crippen LogP contribution in [0.4, 0.5) is 13.2 Å². The predicted octanol–water partition coefficient (Wildman–Crippen LogP) is 2.46. The van der Waals surface area contributed by atoms with E-state index in [2.05, 4.69) is 4.98 Å². The minimum Gasteiger partial charge on any atom is -0.476 e. The first kappa shape index (κ1) is 11.2. The summed E-state index contributed by atoms with van der Waals surface area (Å²) in [6, 6.07) is 0.489. The highest BCUT2D eigenvalue weighted by Crippen LogP contribution is 2.24. The lowest BCUT2D eigenvalue weighted by atomic mass is 10.2. The second-order valence-electron chi connectivity index (χ2n) is 2.30. The lowest BCUT2D eigenvalue weighted by Crippen LogP contribution is -2.09. The number of pyridine rings is 1. The fourth-order valence-corrected chi connectivity index (χ4v) is 1.22. The highest BCUT2D eigenvalue weighted by molar-refractivity contribution is 14.1. The van der Waals surface area contributed by atoms with Crippen LogP contribution >= 0.6 is 22.6 Å². The normalized spacial score (nSPS) is 10.6. The predicted molar refractivity (Wildman–Crippen MR) is 48.8 cm³/mol. The van der Waals surface area contributed by atoms with E-state index in [0.717, 1.165) is 0 Å². The fraction of sp³-hybridized carbons (Fsp3) is 0.143. The van der Waals surface area contributed by atoms with Crippen molar-refractivity contribution in [3.05, 3.63) is 26.8 Å². The van der Waals surface area contributed by atoms with E-state index in [0.29, 0.717) is 6.07 Å². The zero-order valence-corrected chi connectivity index (χ0v) is 8.63. The number of aromatic carboxylic acids is 1. The van der Waals surface area contributed by atoms with E-state index >= 15 is 0 Å². The summed E-state index contributed by atoms with van der Waals surface area (Å²) in [4.78, 5) is 13.7. The number of halogens is 4. The topological polar surface area (TPSA) is 50.2 Å². The standard InChI is InChI=1S/C7H3F3INO2/c8-3-1-2(5(9)10)4(7(13)14)12-6(3)11/h1,5H,(H,13,14). The molecule has 1 N–H and O–H groups in total. The molecule has 14 heavy (non-hydrogen) atoms. The summed E-state index contributed by atoms with van der Waals surface area (Å²) < 4.78 is 37.0. The van der Waals surface area contributed by atoms with Gasteiger partial charge in [-0.05, 0) is 28.7 Å². The monoisotopic (exact) mass is 317 g/mol. The summed E-state index contributed by atoms with van der Waals surface area (Å²) in [7, 11) is 0. The molecule has 7 heteroatoms. The first-order chi connectivity index (χ1) is 6.43. The van der Waals surface area contributed by atoms with Gasteiger partial charge in [-0.3, -0.25) is 0 Å². The minimum atomic E-state index is -3.06. The number of carboxylic acid groups (broad SMARTS) is 1. The molecule has 0 fully saturated rings. The second kappa shape index (κ2) is 4.11. The molecule has 1 rings (SSSR count). The highest BCUT2D eigenvalue weighted by Gasteiger charge is 2.22. The summed E-state index contributed by atoms with van der Waals surface area (Å²) in [5.41, 5.74) is -1.72. The van der Waals surface area contributed by atoms with Crippen LogP contribution in [0.25, 0.3) is 0 Å². The molecule has 3 nitrogen and oxygen atoms in total. The first-order valence-corrected chi connectivity index (χ1v) is 4.38. The second-order valence-corrected chi connectivity index (χ2v) is 3.33. The van der Waals surface area contributed by atoms with E-state index in [4.69, 9.17) is 5.11 Å². The van der Waals surface area contributed by atoms with Gasteiger partial charge in [0, 0.05) is 0 Å². The lowest BCUT2D eigenvalue weighted by molar-refractivity contribution is 0.0676. The number of nitrogens with zero attached hydrogens (tertiary/aromatic N) is 1. The Hall–Kier alpha value is -0.860. The number of aromatic nitrogens is 1. The van der Waals surface area contributed by atoms with Crippen LogP contribution in [0.2, 0.25) is 0 Å². The van der Waals surface area contributed by atoms with Crippen LogP contribution in [0.5, 0.6) is 0 Å². The average molecular weight is 317 g/mol. The number of rotatable bonds is 2. The molecular weight excluding hydrogens is 314 g/mol. The number of hydrogen-bond acceptors (Lipinski definition) is 2. The van der Waals surface area contributed by atoms with Crippen LogP contribution in [0.3, 0.4) is 0 Å². The SMILES string of the molecule is O=C(O)c1nc(I)c(F)cc1C(F)F. The van der Waals surface area contributed by atoms with Crippen molar-refractivity contribution in [3.8, 4) is 0 Å². The average Bonchev–Trinajstić information content (AvgIpc) is 2.08. The molecule has 0 aliphatic carbocycles. The third-order valence-corrected chi connectivity index (χ3v) is 2.16. The van der Waals surface area contributed by atoms with E-state index in [1.807, 2.05) is 0 Å². The van der Waals surface area contributed by atoms with Gasteiger partial charge in [-0.2, -0.15) is 0 Å². The Bertz CT molecular complexity index is 383. The zero-order valence-electron chi connectivity index (χ0n) is 6.47. The molecule has 1 aromatic rings. The Morgan fingerprint density at radius 1 is 1.57 bits per heavy atom. The number of carbonyl (C=O) groups is 1. The van der Waals surface area contributed by atoms with Gasteiger partial charge in [0.05, 0.1) is 5.56 Å². The quantitative estimate of drug-likeness (QED) is 0.673. The van der Waals surface area contributed by atoms with Crippen molar-refractivity contribution in [2.24, 2.45) is 0 Å². The Labute approximate surface area is 90.1 Å². The van der Waals surface area contributed by atoms with Crippen LogP contribution < -0.4 is 0 Å². The Morgan fingerprint density at radius 3 is 2.57 bits per heavy atom. The van der Waals surface area contributed by atoms with Gasteiger partial charge in [0.25, 0.3) is 6.43 Å². The Balaban J connectivity index is 3.39. The van der Waals surface area contributed by atoms with E-state index in [-0.39, 0.29) is 3.70 Å². The molecule has 76 valence electrons. The van der Waals surface area contributed by atoms with Gasteiger partial charge < -0.3 is 5.11 Å². The van der Waals surface area contributed by atoms with E-state index in [1.54, 1.807) is 0 Å². The number of carboxylic acids is 1. The molecule has 0 radical (unpaired) electrons. The maximum Gasteiger partial charge on any atom is 0.355 e. The van der Waals surface area contributed by atoms with Crippen LogP contribution in [-0.2, 0) is 0 Å². The molecule has 0 atom stereocenters. The third-order valence-electron chi connectivity index (χ3n) is 1.40. The van der Waals surface area contributed by atoms with Gasteiger partial charge in [0.15, 0.2) is 11.5 Å². The maximum absolute atomic E-state index is 12.8. The molecule has 0 spiro atoms. The van der Waals surface area contributed by atoms with Crippen molar-refractivity contribution in [2.75, 3.05) is 0 Å². The van der Waals surface area contributed by atoms with Crippen molar-refractivity contribution in [3.63, 3.8) is 0 Å². The maximum atomic E-state index is 12.8. The van der Waals surface area contributed by atoms with Crippen molar-refractivity contribution < 1.29 is 23.1 Å². The molecule has 0 saturated carbocycles. The van der Waals surface area contributed by atoms with Crippen molar-refractivity contribution in [1.29, 1.82) is 0 Å². The molecule has 0 bridgehead atoms. The molecule has 0 saturated heterocycles. The van der Waals surface area contributed by atoms with E-state index in [9.17, 15) is 18.0 Å². The minimum absolute atomic E-state index is 0.246. The number of hydrogen-bond donors (Lipinski definition) is 1. The van der Waals surface area contributed by atoms with Crippen LogP contribution in [0, 0.1) is 9.52 Å². The van der Waals surface area contributed by atoms with Gasteiger partial charge in [-0.25, -0.2) is 22.9 Å². The highest BCUT2D eigenvalue weighted by atomic mass is 127. The molecule has 0 aliphatic heterocycles. The molecule has 0 aliphatic rings. The molecule has 1 aromatic heterocycles.